The van der Waals surface area contributed by atoms with Gasteiger partial charge in [-0.3, -0.25) is 4.79 Å². The molecule has 11 heteroatoms. The maximum absolute atomic E-state index is 13.0. The molecule has 0 saturated carbocycles. The number of aromatic hydroxyl groups is 1. The lowest BCUT2D eigenvalue weighted by Crippen LogP contribution is -2.34. The second-order valence-corrected chi connectivity index (χ2v) is 8.72. The highest BCUT2D eigenvalue weighted by Gasteiger charge is 2.30. The van der Waals surface area contributed by atoms with E-state index in [9.17, 15) is 19.2 Å². The summed E-state index contributed by atoms with van der Waals surface area (Å²) >= 11 is -1.60. The summed E-state index contributed by atoms with van der Waals surface area (Å²) in [6.07, 6.45) is 1.19. The molecular weight excluding hydrogens is 426 g/mol. The smallest absolute Gasteiger partial charge is 0.339 e. The number of nitrogens with zero attached hydrogens (tertiary/aromatic N) is 2. The largest absolute Gasteiger partial charge is 0.616 e. The maximum atomic E-state index is 13.0. The molecule has 2 heterocycles. The second-order valence-electron chi connectivity index (χ2n) is 7.22. The molecular formula is C20H25N3O7S. The van der Waals surface area contributed by atoms with Gasteiger partial charge in [-0.2, -0.15) is 4.98 Å². The average molecular weight is 452 g/mol. The van der Waals surface area contributed by atoms with E-state index in [0.717, 1.165) is 0 Å². The molecule has 1 aromatic heterocycles. The molecule has 1 aromatic carbocycles. The van der Waals surface area contributed by atoms with E-state index in [0.29, 0.717) is 30.0 Å². The van der Waals surface area contributed by atoms with Crippen molar-refractivity contribution in [2.45, 2.75) is 44.9 Å². The zero-order chi connectivity index (χ0) is 22.5. The van der Waals surface area contributed by atoms with Crippen LogP contribution in [0.5, 0.6) is 11.5 Å². The van der Waals surface area contributed by atoms with Crippen LogP contribution in [0.2, 0.25) is 0 Å². The summed E-state index contributed by atoms with van der Waals surface area (Å²) in [5.41, 5.74) is 0.823. The molecule has 0 radical (unpaired) electrons. The lowest BCUT2D eigenvalue weighted by atomic mass is 10.0. The van der Waals surface area contributed by atoms with Crippen LogP contribution in [0.3, 0.4) is 0 Å². The minimum Gasteiger partial charge on any atom is -0.616 e. The lowest BCUT2D eigenvalue weighted by Gasteiger charge is -2.21. The summed E-state index contributed by atoms with van der Waals surface area (Å²) < 4.78 is 28.8. The number of amides is 1. The lowest BCUT2D eigenvalue weighted by molar-refractivity contribution is -0.122. The Morgan fingerprint density at radius 2 is 2.10 bits per heavy atom. The van der Waals surface area contributed by atoms with Gasteiger partial charge in [0.25, 0.3) is 5.89 Å². The van der Waals surface area contributed by atoms with Crippen LogP contribution in [0.1, 0.15) is 58.5 Å². The number of carbonyl (C=O) groups is 2. The molecule has 2 atom stereocenters. The molecule has 10 nitrogen and oxygen atoms in total. The monoisotopic (exact) mass is 451 g/mol. The summed E-state index contributed by atoms with van der Waals surface area (Å²) in [5.74, 6) is -0.415. The zero-order valence-electron chi connectivity index (χ0n) is 17.6. The first kappa shape index (κ1) is 22.9. The van der Waals surface area contributed by atoms with Gasteiger partial charge in [-0.1, -0.05) is 5.16 Å². The number of fused-ring (bicyclic) bond motifs is 1. The zero-order valence-corrected chi connectivity index (χ0v) is 18.4. The molecule has 0 fully saturated rings. The van der Waals surface area contributed by atoms with Crippen molar-refractivity contribution in [1.82, 2.24) is 15.5 Å². The Kier molecular flexibility index (Phi) is 7.39. The highest BCUT2D eigenvalue weighted by molar-refractivity contribution is 7.90. The minimum absolute atomic E-state index is 0.0353. The number of methoxy groups -OCH3 is 1. The summed E-state index contributed by atoms with van der Waals surface area (Å²) in [4.78, 5) is 29.2. The highest BCUT2D eigenvalue weighted by Crippen LogP contribution is 2.35. The van der Waals surface area contributed by atoms with Gasteiger partial charge in [0, 0.05) is 18.1 Å². The van der Waals surface area contributed by atoms with E-state index < -0.39 is 23.2 Å². The molecule has 0 spiro atoms. The quantitative estimate of drug-likeness (QED) is 0.515. The van der Waals surface area contributed by atoms with Crippen molar-refractivity contribution in [3.63, 3.8) is 0 Å². The Balaban J connectivity index is 1.98. The number of cyclic esters (lactones) is 1. The molecule has 0 bridgehead atoms. The molecule has 31 heavy (non-hydrogen) atoms. The molecule has 2 N–H and O–H groups in total. The number of ether oxygens (including phenoxy) is 2. The molecule has 1 amide bonds. The fraction of sp³-hybridized carbons (Fsp3) is 0.500. The van der Waals surface area contributed by atoms with Gasteiger partial charge in [-0.25, -0.2) is 4.79 Å². The molecule has 168 valence electrons. The normalized spacial score (nSPS) is 20.9. The van der Waals surface area contributed by atoms with Crippen LogP contribution in [0.4, 0.5) is 0 Å². The van der Waals surface area contributed by atoms with Crippen LogP contribution in [-0.4, -0.2) is 51.1 Å². The molecule has 2 aromatic rings. The molecule has 0 unspecified atom stereocenters. The summed E-state index contributed by atoms with van der Waals surface area (Å²) in [7, 11) is 1.43. The van der Waals surface area contributed by atoms with Gasteiger partial charge in [-0.05, 0) is 37.9 Å². The number of carbonyl (C=O) groups excluding carboxylic acids is 2. The average Bonchev–Trinajstić information content (AvgIpc) is 3.15. The first-order valence-electron chi connectivity index (χ1n) is 9.81. The van der Waals surface area contributed by atoms with E-state index >= 15 is 0 Å². The van der Waals surface area contributed by atoms with Crippen molar-refractivity contribution in [1.29, 1.82) is 0 Å². The van der Waals surface area contributed by atoms with Crippen molar-refractivity contribution in [3.8, 4) is 11.5 Å². The van der Waals surface area contributed by atoms with E-state index in [1.807, 2.05) is 0 Å². The minimum atomic E-state index is -1.60. The van der Waals surface area contributed by atoms with Crippen molar-refractivity contribution < 1.29 is 33.2 Å². The van der Waals surface area contributed by atoms with Crippen molar-refractivity contribution in [2.75, 3.05) is 19.5 Å². The van der Waals surface area contributed by atoms with E-state index in [1.165, 1.54) is 13.2 Å². The van der Waals surface area contributed by atoms with Crippen LogP contribution in [0.25, 0.3) is 0 Å². The summed E-state index contributed by atoms with van der Waals surface area (Å²) in [6, 6.07) is 0.622. The van der Waals surface area contributed by atoms with Crippen LogP contribution in [0.15, 0.2) is 10.6 Å². The second kappa shape index (κ2) is 10.0. The highest BCUT2D eigenvalue weighted by atomic mass is 32.2. The van der Waals surface area contributed by atoms with Gasteiger partial charge in [0.05, 0.1) is 24.8 Å². The first-order valence-corrected chi connectivity index (χ1v) is 11.3. The topological polar surface area (TPSA) is 147 Å². The summed E-state index contributed by atoms with van der Waals surface area (Å²) in [6.45, 7) is 3.43. The molecule has 1 aliphatic rings. The molecule has 0 aliphatic carbocycles. The number of benzene rings is 1. The number of esters is 1. The first-order chi connectivity index (χ1) is 14.8. The third kappa shape index (κ3) is 5.47. The number of phenols is 1. The Bertz CT molecular complexity index is 962. The number of hydrogen-bond donors (Lipinski definition) is 2. The van der Waals surface area contributed by atoms with Gasteiger partial charge in [0.2, 0.25) is 5.91 Å². The van der Waals surface area contributed by atoms with Gasteiger partial charge < -0.3 is 29.0 Å². The van der Waals surface area contributed by atoms with E-state index in [2.05, 4.69) is 15.5 Å². The van der Waals surface area contributed by atoms with E-state index in [1.54, 1.807) is 13.8 Å². The summed E-state index contributed by atoms with van der Waals surface area (Å²) in [5, 5.41) is 17.1. The third-order valence-corrected chi connectivity index (χ3v) is 6.23. The third-order valence-electron chi connectivity index (χ3n) is 4.91. The SMILES string of the molecule is COc1cc(O)c2c(c1C)C(=O)OCCCCC(=O)N[C@H](c1nc(C)no1)C[S@+]([O-])C2. The predicted octanol–water partition coefficient (Wildman–Crippen LogP) is 1.85. The Labute approximate surface area is 182 Å². The van der Waals surface area contributed by atoms with Gasteiger partial charge in [0.15, 0.2) is 11.9 Å². The van der Waals surface area contributed by atoms with Gasteiger partial charge >= 0.3 is 5.97 Å². The molecule has 0 saturated heterocycles. The maximum Gasteiger partial charge on any atom is 0.339 e. The van der Waals surface area contributed by atoms with Crippen LogP contribution in [0, 0.1) is 13.8 Å². The fourth-order valence-electron chi connectivity index (χ4n) is 3.36. The van der Waals surface area contributed by atoms with E-state index in [4.69, 9.17) is 14.0 Å². The fourth-order valence-corrected chi connectivity index (χ4v) is 4.69. The number of phenolic OH excluding ortho intramolecular Hbond substituents is 1. The molecule has 1 aliphatic heterocycles. The number of aryl methyl sites for hydroxylation is 1. The number of hydrogen-bond acceptors (Lipinski definition) is 9. The predicted molar refractivity (Wildman–Crippen MR) is 110 cm³/mol. The Hall–Kier alpha value is -2.79. The van der Waals surface area contributed by atoms with Crippen LogP contribution >= 0.6 is 0 Å². The Morgan fingerprint density at radius 1 is 1.32 bits per heavy atom. The van der Waals surface area contributed by atoms with Crippen molar-refractivity contribution in [2.24, 2.45) is 0 Å². The van der Waals surface area contributed by atoms with Crippen LogP contribution in [-0.2, 0) is 26.5 Å². The number of rotatable bonds is 2. The Morgan fingerprint density at radius 3 is 2.77 bits per heavy atom. The van der Waals surface area contributed by atoms with Gasteiger partial charge in [0.1, 0.15) is 23.0 Å². The van der Waals surface area contributed by atoms with Gasteiger partial charge in [-0.15, -0.1) is 0 Å². The number of nitrogens with one attached hydrogen (secondary N) is 1. The van der Waals surface area contributed by atoms with Crippen LogP contribution < -0.4 is 10.1 Å². The molecule has 3 rings (SSSR count). The van der Waals surface area contributed by atoms with Crippen molar-refractivity contribution in [3.05, 3.63) is 34.5 Å². The van der Waals surface area contributed by atoms with Crippen molar-refractivity contribution >= 4 is 23.1 Å². The van der Waals surface area contributed by atoms with E-state index in [-0.39, 0.29) is 53.2 Å². The number of aromatic nitrogens is 2. The standard InChI is InChI=1S/C20H25N3O7S/c1-11-16(28-3)8-15(24)13-9-31(27)10-14(19-21-12(2)23-30-19)22-17(25)6-4-5-7-29-20(26)18(11)13/h8,14,24H,4-7,9-10H2,1-3H3,(H,22,25)/t14-,31+/m0/s1.